The van der Waals surface area contributed by atoms with E-state index in [0.717, 1.165) is 19.1 Å². The van der Waals surface area contributed by atoms with Crippen LogP contribution in [0.5, 0.6) is 0 Å². The highest BCUT2D eigenvalue weighted by Gasteiger charge is 2.18. The number of hydrogen-bond acceptors (Lipinski definition) is 5. The molecule has 6 nitrogen and oxygen atoms in total. The normalized spacial score (nSPS) is 14.9. The topological polar surface area (TPSA) is 106 Å². The molecule has 1 atom stereocenters. The Morgan fingerprint density at radius 3 is 2.19 bits per heavy atom. The Hall–Kier alpha value is -0.180. The monoisotopic (exact) mass is 272 g/mol. The minimum Gasteiger partial charge on any atom is -0.330 e. The number of nitrogens with two attached hydrogens (primary N) is 1. The Kier molecular flexibility index (Phi) is 6.46. The molecule has 0 rings (SSSR count). The highest BCUT2D eigenvalue weighted by Crippen LogP contribution is 2.06. The highest BCUT2D eigenvalue weighted by molar-refractivity contribution is 8.06. The average molecular weight is 272 g/mol. The van der Waals surface area contributed by atoms with E-state index in [1.54, 1.807) is 0 Å². The zero-order valence-electron chi connectivity index (χ0n) is 9.64. The van der Waals surface area contributed by atoms with E-state index in [9.17, 15) is 16.8 Å². The van der Waals surface area contributed by atoms with Gasteiger partial charge >= 0.3 is 0 Å². The van der Waals surface area contributed by atoms with E-state index < -0.39 is 24.9 Å². The minimum absolute atomic E-state index is 0.152. The molecule has 16 heavy (non-hydrogen) atoms. The molecular weight excluding hydrogens is 252 g/mol. The van der Waals surface area contributed by atoms with Crippen LogP contribution in [0.3, 0.4) is 0 Å². The molecule has 0 aromatic heterocycles. The third kappa shape index (κ3) is 8.03. The second-order valence-corrected chi connectivity index (χ2v) is 8.17. The fraction of sp³-hybridized carbons (Fsp3) is 1.00. The van der Waals surface area contributed by atoms with Crippen molar-refractivity contribution < 1.29 is 16.8 Å². The predicted molar refractivity (Wildman–Crippen MR) is 64.1 cm³/mol. The zero-order chi connectivity index (χ0) is 12.8. The van der Waals surface area contributed by atoms with Gasteiger partial charge in [-0.25, -0.2) is 21.6 Å². The first-order chi connectivity index (χ1) is 7.20. The summed E-state index contributed by atoms with van der Waals surface area (Å²) < 4.78 is 46.7. The van der Waals surface area contributed by atoms with Gasteiger partial charge in [-0.3, -0.25) is 0 Å². The van der Waals surface area contributed by atoms with Gasteiger partial charge < -0.3 is 5.73 Å². The Morgan fingerprint density at radius 1 is 1.25 bits per heavy atom. The summed E-state index contributed by atoms with van der Waals surface area (Å²) in [5, 5.41) is -0.862. The Morgan fingerprint density at radius 2 is 1.81 bits per heavy atom. The van der Waals surface area contributed by atoms with Crippen LogP contribution < -0.4 is 10.5 Å². The van der Waals surface area contributed by atoms with Crippen molar-refractivity contribution in [2.75, 3.05) is 24.4 Å². The molecule has 0 fully saturated rings. The quantitative estimate of drug-likeness (QED) is 0.606. The van der Waals surface area contributed by atoms with Crippen molar-refractivity contribution in [2.24, 2.45) is 11.7 Å². The Bertz CT molecular complexity index is 388. The van der Waals surface area contributed by atoms with Crippen molar-refractivity contribution in [1.82, 2.24) is 4.72 Å². The zero-order valence-corrected chi connectivity index (χ0v) is 11.3. The summed E-state index contributed by atoms with van der Waals surface area (Å²) >= 11 is 0. The van der Waals surface area contributed by atoms with Gasteiger partial charge in [-0.2, -0.15) is 0 Å². The van der Waals surface area contributed by atoms with Gasteiger partial charge in [0.05, 0.1) is 0 Å². The summed E-state index contributed by atoms with van der Waals surface area (Å²) in [5.41, 5.74) is 5.37. The molecule has 0 aromatic carbocycles. The fourth-order valence-electron chi connectivity index (χ4n) is 1.25. The maximum absolute atomic E-state index is 11.3. The van der Waals surface area contributed by atoms with Crippen LogP contribution in [0.4, 0.5) is 0 Å². The van der Waals surface area contributed by atoms with Crippen molar-refractivity contribution >= 4 is 19.9 Å². The number of rotatable bonds is 8. The molecule has 0 spiro atoms. The molecular formula is C8H20N2O4S2. The third-order valence-electron chi connectivity index (χ3n) is 2.11. The average Bonchev–Trinajstić information content (AvgIpc) is 2.08. The predicted octanol–water partition coefficient (Wildman–Crippen LogP) is -0.717. The molecule has 0 bridgehead atoms. The number of sulfonamides is 1. The van der Waals surface area contributed by atoms with E-state index in [1.807, 2.05) is 6.92 Å². The molecule has 0 saturated heterocycles. The first-order valence-corrected chi connectivity index (χ1v) is 8.76. The summed E-state index contributed by atoms with van der Waals surface area (Å²) in [4.78, 5) is 0. The molecule has 0 radical (unpaired) electrons. The Balaban J connectivity index is 4.28. The lowest BCUT2D eigenvalue weighted by molar-refractivity contribution is 0.466. The van der Waals surface area contributed by atoms with Crippen molar-refractivity contribution in [3.8, 4) is 0 Å². The summed E-state index contributed by atoms with van der Waals surface area (Å²) in [6.45, 7) is 2.67. The van der Waals surface area contributed by atoms with Crippen LogP contribution in [0.2, 0.25) is 0 Å². The van der Waals surface area contributed by atoms with Crippen LogP contribution >= 0.6 is 0 Å². The molecule has 0 aromatic rings. The van der Waals surface area contributed by atoms with Gasteiger partial charge in [-0.05, 0) is 18.9 Å². The summed E-state index contributed by atoms with van der Waals surface area (Å²) in [6, 6.07) is 0. The van der Waals surface area contributed by atoms with Crippen LogP contribution in [0.15, 0.2) is 0 Å². The largest absolute Gasteiger partial charge is 0.330 e. The number of nitrogens with one attached hydrogen (secondary N) is 1. The first-order valence-electron chi connectivity index (χ1n) is 5.05. The summed E-state index contributed by atoms with van der Waals surface area (Å²) in [6.07, 6.45) is 2.42. The minimum atomic E-state index is -3.74. The maximum atomic E-state index is 11.3. The van der Waals surface area contributed by atoms with E-state index in [-0.39, 0.29) is 12.5 Å². The highest BCUT2D eigenvalue weighted by atomic mass is 32.3. The lowest BCUT2D eigenvalue weighted by Crippen LogP contribution is -2.34. The van der Waals surface area contributed by atoms with E-state index in [1.165, 1.54) is 0 Å². The molecule has 8 heteroatoms. The standard InChI is InChI=1S/C8H20N2O4S2/c1-3-8(4-5-9)6-10-16(13,14)7-15(2,11)12/h8,10H,3-7,9H2,1-2H3. The molecule has 0 aliphatic rings. The third-order valence-corrected chi connectivity index (χ3v) is 5.67. The van der Waals surface area contributed by atoms with E-state index >= 15 is 0 Å². The van der Waals surface area contributed by atoms with Crippen molar-refractivity contribution in [2.45, 2.75) is 19.8 Å². The summed E-state index contributed by atoms with van der Waals surface area (Å²) in [5.74, 6) is 0.152. The van der Waals surface area contributed by atoms with Crippen LogP contribution in [-0.4, -0.2) is 41.3 Å². The molecule has 98 valence electrons. The van der Waals surface area contributed by atoms with Gasteiger partial charge in [0.15, 0.2) is 14.9 Å². The SMILES string of the molecule is CCC(CCN)CNS(=O)(=O)CS(C)(=O)=O. The van der Waals surface area contributed by atoms with Crippen LogP contribution in [0.1, 0.15) is 19.8 Å². The second-order valence-electron chi connectivity index (χ2n) is 3.86. The van der Waals surface area contributed by atoms with Crippen molar-refractivity contribution in [3.63, 3.8) is 0 Å². The van der Waals surface area contributed by atoms with E-state index in [2.05, 4.69) is 4.72 Å². The molecule has 0 heterocycles. The van der Waals surface area contributed by atoms with Gasteiger partial charge in [-0.15, -0.1) is 0 Å². The molecule has 0 aliphatic carbocycles. The van der Waals surface area contributed by atoms with E-state index in [0.29, 0.717) is 6.54 Å². The van der Waals surface area contributed by atoms with Gasteiger partial charge in [0.25, 0.3) is 0 Å². The van der Waals surface area contributed by atoms with Crippen molar-refractivity contribution in [3.05, 3.63) is 0 Å². The molecule has 0 saturated carbocycles. The molecule has 0 amide bonds. The van der Waals surface area contributed by atoms with Gasteiger partial charge in [0, 0.05) is 12.8 Å². The number of sulfone groups is 1. The number of hydrogen-bond donors (Lipinski definition) is 2. The second kappa shape index (κ2) is 6.53. The molecule has 0 aliphatic heterocycles. The van der Waals surface area contributed by atoms with Crippen LogP contribution in [0.25, 0.3) is 0 Å². The lowest BCUT2D eigenvalue weighted by Gasteiger charge is -2.14. The van der Waals surface area contributed by atoms with Gasteiger partial charge in [-0.1, -0.05) is 13.3 Å². The van der Waals surface area contributed by atoms with Gasteiger partial charge in [0.1, 0.15) is 0 Å². The van der Waals surface area contributed by atoms with E-state index in [4.69, 9.17) is 5.73 Å². The van der Waals surface area contributed by atoms with Gasteiger partial charge in [0.2, 0.25) is 10.0 Å². The maximum Gasteiger partial charge on any atom is 0.226 e. The van der Waals surface area contributed by atoms with Crippen LogP contribution in [0, 0.1) is 5.92 Å². The lowest BCUT2D eigenvalue weighted by atomic mass is 10.0. The first kappa shape index (κ1) is 15.8. The van der Waals surface area contributed by atoms with Crippen molar-refractivity contribution in [1.29, 1.82) is 0 Å². The Labute approximate surface area is 97.6 Å². The molecule has 1 unspecified atom stereocenters. The van der Waals surface area contributed by atoms with Crippen LogP contribution in [-0.2, 0) is 19.9 Å². The summed E-state index contributed by atoms with van der Waals surface area (Å²) in [7, 11) is -7.27. The fourth-order valence-corrected chi connectivity index (χ4v) is 4.33. The smallest absolute Gasteiger partial charge is 0.226 e. The molecule has 3 N–H and O–H groups in total.